The summed E-state index contributed by atoms with van der Waals surface area (Å²) < 4.78 is 52.3. The fourth-order valence-electron chi connectivity index (χ4n) is 6.32. The van der Waals surface area contributed by atoms with Crippen molar-refractivity contribution in [2.75, 3.05) is 69.4 Å². The number of nitro groups is 1. The van der Waals surface area contributed by atoms with Crippen LogP contribution < -0.4 is 44.5 Å². The van der Waals surface area contributed by atoms with Gasteiger partial charge in [-0.05, 0) is 87.8 Å². The largest absolute Gasteiger partial charge is 0.489 e. The molecular weight excluding hydrogens is 1180 g/mol. The number of pyridine rings is 1. The fraction of sp³-hybridized carbons (Fsp3) is 0.292. The number of rotatable bonds is 15. The van der Waals surface area contributed by atoms with Crippen LogP contribution in [0.1, 0.15) is 48.4 Å². The molecule has 4 heterocycles. The number of carbonyl (C=O) groups is 4. The van der Waals surface area contributed by atoms with Crippen molar-refractivity contribution in [2.24, 2.45) is 0 Å². The number of ether oxygens (including phenoxy) is 5. The molecule has 3 aromatic heterocycles. The topological polar surface area (TPSA) is 324 Å². The quantitative estimate of drug-likeness (QED) is 0.0322. The summed E-state index contributed by atoms with van der Waals surface area (Å²) in [6.45, 7) is 9.07. The van der Waals surface area contributed by atoms with Crippen molar-refractivity contribution in [2.45, 2.75) is 49.6 Å². The maximum atomic E-state index is 12.5. The molecule has 26 nitrogen and oxygen atoms in total. The summed E-state index contributed by atoms with van der Waals surface area (Å²) in [4.78, 5) is 83.2. The van der Waals surface area contributed by atoms with Gasteiger partial charge in [-0.3, -0.25) is 25.0 Å². The third kappa shape index (κ3) is 18.9. The molecule has 4 amide bonds. The second-order valence-electron chi connectivity index (χ2n) is 16.2. The van der Waals surface area contributed by atoms with Gasteiger partial charge in [0.05, 0.1) is 54.6 Å². The predicted molar refractivity (Wildman–Crippen MR) is 300 cm³/mol. The first-order valence-electron chi connectivity index (χ1n) is 23.0. The molecule has 3 aromatic carbocycles. The number of alkyl halides is 2. The number of halogens is 5. The number of nitrogens with one attached hydrogen (secondary N) is 4. The van der Waals surface area contributed by atoms with Gasteiger partial charge in [-0.1, -0.05) is 58.5 Å². The van der Waals surface area contributed by atoms with Crippen LogP contribution in [-0.2, 0) is 19.6 Å². The lowest BCUT2D eigenvalue weighted by atomic mass is 10.1. The lowest BCUT2D eigenvalue weighted by Gasteiger charge is -2.35. The lowest BCUT2D eigenvalue weighted by Crippen LogP contribution is -2.47. The minimum Gasteiger partial charge on any atom is -0.489 e. The number of benzene rings is 3. The third-order valence-electron chi connectivity index (χ3n) is 9.73. The first-order chi connectivity index (χ1) is 37.8. The Morgan fingerprint density at radius 3 is 2.11 bits per heavy atom. The van der Waals surface area contributed by atoms with Gasteiger partial charge in [-0.2, -0.15) is 33.3 Å². The van der Waals surface area contributed by atoms with E-state index >= 15 is 0 Å². The van der Waals surface area contributed by atoms with Crippen molar-refractivity contribution in [3.8, 4) is 29.0 Å². The zero-order valence-electron chi connectivity index (χ0n) is 43.9. The number of aromatic nitrogens is 6. The molecule has 428 valence electrons. The van der Waals surface area contributed by atoms with E-state index in [2.05, 4.69) is 50.6 Å². The number of nitro benzene ring substituents is 1. The summed E-state index contributed by atoms with van der Waals surface area (Å²) in [6.07, 6.45) is 1.19. The van der Waals surface area contributed by atoms with E-state index in [0.717, 1.165) is 25.4 Å². The Bertz CT molecular complexity index is 3260. The van der Waals surface area contributed by atoms with Crippen molar-refractivity contribution in [1.29, 1.82) is 0 Å². The number of fused-ring (bicyclic) bond motifs is 1. The lowest BCUT2D eigenvalue weighted by molar-refractivity contribution is -0.385. The van der Waals surface area contributed by atoms with Crippen molar-refractivity contribution in [1.82, 2.24) is 39.5 Å². The molecule has 1 aliphatic rings. The van der Waals surface area contributed by atoms with E-state index in [4.69, 9.17) is 77.0 Å². The standard InChI is InChI=1S/C15H18N6O6S.C14H9Cl2NO5.C11H11Cl2NO2.C8H14ClN5/c1-21(2)13(22)9-6-5-7-16-12(9)28(24,25)20-15(23)19-14-17-10(26-3)8-11(18-14)27-4;1-21-14(18)10-7-9(3-4-12(10)17(19)20)22-13-5-2-8(15)6-11(13)16;1-7-6-16-9-5-3-2-4-8(9)14(7)11(15)10(12)13;1-4-10-7-12-6(9)13-8(14-7)11-5(2)3/h5-8H,1-4H3,(H2,17,18,19,20,23);2-7H,1H3;2-5,7,10H,6H2,1H3;5H,4H2,1-3H3,(H2,10,11,12,13,14). The maximum absolute atomic E-state index is 12.5. The summed E-state index contributed by atoms with van der Waals surface area (Å²) in [6, 6.07) is 18.8. The molecule has 80 heavy (non-hydrogen) atoms. The number of carbonyl (C=O) groups excluding carboxylic acids is 4. The van der Waals surface area contributed by atoms with Crippen molar-refractivity contribution >= 4 is 121 Å². The van der Waals surface area contributed by atoms with Crippen molar-refractivity contribution < 1.29 is 56.2 Å². The molecule has 1 unspecified atom stereocenters. The number of esters is 1. The van der Waals surface area contributed by atoms with E-state index in [1.807, 2.05) is 52.0 Å². The van der Waals surface area contributed by atoms with Gasteiger partial charge >= 0.3 is 12.0 Å². The SMILES string of the molecule is CC1COc2ccccc2N1C(=O)C(Cl)Cl.CCNc1nc(Cl)nc(NC(C)C)n1.COC(=O)c1cc(Oc2ccc(Cl)cc2Cl)ccc1[N+](=O)[O-].COc1cc(OC)nc(NC(=O)NS(=O)(=O)c2ncccc2C(=O)N(C)C)n1. The highest BCUT2D eigenvalue weighted by Crippen LogP contribution is 2.36. The number of anilines is 4. The third-order valence-corrected chi connectivity index (χ3v) is 12.1. The van der Waals surface area contributed by atoms with E-state index in [9.17, 15) is 37.7 Å². The average Bonchev–Trinajstić information content (AvgIpc) is 3.42. The van der Waals surface area contributed by atoms with Gasteiger partial charge in [-0.15, -0.1) is 0 Å². The number of para-hydroxylation sites is 2. The van der Waals surface area contributed by atoms with Crippen LogP contribution in [0.3, 0.4) is 0 Å². The number of methoxy groups -OCH3 is 3. The molecule has 1 atom stereocenters. The zero-order valence-corrected chi connectivity index (χ0v) is 48.5. The van der Waals surface area contributed by atoms with E-state index in [1.165, 1.54) is 75.8 Å². The maximum Gasteiger partial charge on any atom is 0.345 e. The average molecular weight is 1230 g/mol. The molecule has 0 spiro atoms. The van der Waals surface area contributed by atoms with Crippen LogP contribution in [0.4, 0.5) is 34.0 Å². The van der Waals surface area contributed by atoms with Crippen molar-refractivity contribution in [3.63, 3.8) is 0 Å². The highest BCUT2D eigenvalue weighted by molar-refractivity contribution is 7.90. The molecule has 6 aromatic rings. The molecule has 1 aliphatic heterocycles. The number of hydrogen-bond donors (Lipinski definition) is 4. The van der Waals surface area contributed by atoms with Gasteiger partial charge in [0.1, 0.15) is 29.4 Å². The second kappa shape index (κ2) is 30.5. The minimum absolute atomic E-state index is 0.0672. The van der Waals surface area contributed by atoms with Crippen LogP contribution in [0.2, 0.25) is 15.3 Å². The molecule has 0 fully saturated rings. The predicted octanol–water partition coefficient (Wildman–Crippen LogP) is 8.96. The van der Waals surface area contributed by atoms with Gasteiger partial charge < -0.3 is 44.1 Å². The van der Waals surface area contributed by atoms with Crippen LogP contribution >= 0.6 is 58.0 Å². The van der Waals surface area contributed by atoms with E-state index in [0.29, 0.717) is 35.0 Å². The Balaban J connectivity index is 0.000000238. The Hall–Kier alpha value is -7.82. The van der Waals surface area contributed by atoms with E-state index in [-0.39, 0.29) is 68.6 Å². The second-order valence-corrected chi connectivity index (χ2v) is 20.1. The minimum atomic E-state index is -4.46. The molecule has 4 N–H and O–H groups in total. The van der Waals surface area contributed by atoms with Gasteiger partial charge in [0.25, 0.3) is 27.5 Å². The molecule has 0 saturated heterocycles. The summed E-state index contributed by atoms with van der Waals surface area (Å²) >= 11 is 28.7. The monoisotopic (exact) mass is 1230 g/mol. The van der Waals surface area contributed by atoms with E-state index < -0.39 is 42.7 Å². The summed E-state index contributed by atoms with van der Waals surface area (Å²) in [5.41, 5.74) is -0.0545. The van der Waals surface area contributed by atoms with Gasteiger partial charge in [0, 0.05) is 50.0 Å². The first-order valence-corrected chi connectivity index (χ1v) is 26.5. The molecule has 7 rings (SSSR count). The fourth-order valence-corrected chi connectivity index (χ4v) is 8.18. The molecule has 32 heteroatoms. The Kier molecular flexibility index (Phi) is 24.7. The van der Waals surface area contributed by atoms with Crippen LogP contribution in [-0.4, -0.2) is 137 Å². The number of urea groups is 1. The number of amides is 4. The highest BCUT2D eigenvalue weighted by Gasteiger charge is 2.32. The molecular formula is C48H52Cl5N13O13S. The first kappa shape index (κ1) is 64.7. The highest BCUT2D eigenvalue weighted by atomic mass is 35.5. The summed E-state index contributed by atoms with van der Waals surface area (Å²) in [7, 11) is 2.29. The van der Waals surface area contributed by atoms with Gasteiger partial charge in [0.15, 0.2) is 9.86 Å². The van der Waals surface area contributed by atoms with Crippen molar-refractivity contribution in [3.05, 3.63) is 122 Å². The summed E-state index contributed by atoms with van der Waals surface area (Å²) in [5.74, 6) is 0.373. The number of nitrogens with zero attached hydrogens (tertiary/aromatic N) is 9. The van der Waals surface area contributed by atoms with Gasteiger partial charge in [0.2, 0.25) is 34.9 Å². The number of hydrogen-bond acceptors (Lipinski definition) is 21. The van der Waals surface area contributed by atoms with Crippen LogP contribution in [0, 0.1) is 10.1 Å². The molecule has 0 saturated carbocycles. The van der Waals surface area contributed by atoms with Crippen LogP contribution in [0.15, 0.2) is 90.1 Å². The zero-order chi connectivity index (χ0) is 59.4. The Labute approximate surface area is 483 Å². The smallest absolute Gasteiger partial charge is 0.345 e. The summed E-state index contributed by atoms with van der Waals surface area (Å²) in [5, 5.41) is 19.4. The number of sulfonamides is 1. The molecule has 0 bridgehead atoms. The van der Waals surface area contributed by atoms with Crippen LogP contribution in [0.5, 0.6) is 29.0 Å². The Morgan fingerprint density at radius 2 is 1.52 bits per heavy atom. The van der Waals surface area contributed by atoms with E-state index in [1.54, 1.807) is 21.8 Å². The van der Waals surface area contributed by atoms with Gasteiger partial charge in [-0.25, -0.2) is 19.3 Å². The molecule has 0 radical (unpaired) electrons. The normalized spacial score (nSPS) is 12.2. The van der Waals surface area contributed by atoms with Crippen LogP contribution in [0.25, 0.3) is 0 Å². The Morgan fingerprint density at radius 1 is 0.863 bits per heavy atom. The molecule has 0 aliphatic carbocycles.